The zero-order valence-electron chi connectivity index (χ0n) is 20.1. The highest BCUT2D eigenvalue weighted by atomic mass is 32.1. The van der Waals surface area contributed by atoms with Crippen molar-refractivity contribution in [3.05, 3.63) is 68.4 Å². The first-order chi connectivity index (χ1) is 16.2. The molecule has 8 rings (SSSR count). The van der Waals surface area contributed by atoms with Crippen molar-refractivity contribution in [3.63, 3.8) is 0 Å². The van der Waals surface area contributed by atoms with E-state index in [-0.39, 0.29) is 10.8 Å². The molecule has 4 heterocycles. The Hall–Kier alpha value is -1.98. The summed E-state index contributed by atoms with van der Waals surface area (Å²) < 4.78 is 5.90. The van der Waals surface area contributed by atoms with Crippen molar-refractivity contribution in [2.75, 3.05) is 0 Å². The second-order valence-corrected chi connectivity index (χ2v) is 15.7. The molecule has 34 heavy (non-hydrogen) atoms. The van der Waals surface area contributed by atoms with E-state index in [1.54, 1.807) is 11.1 Å². The molecule has 0 atom stereocenters. The van der Waals surface area contributed by atoms with E-state index < -0.39 is 0 Å². The lowest BCUT2D eigenvalue weighted by Gasteiger charge is -2.38. The highest BCUT2D eigenvalue weighted by Crippen LogP contribution is 2.61. The molecule has 2 aliphatic carbocycles. The second kappa shape index (κ2) is 6.04. The lowest BCUT2D eigenvalue weighted by Crippen LogP contribution is -2.26. The zero-order valence-corrected chi connectivity index (χ0v) is 23.4. The number of benzene rings is 2. The molecule has 0 N–H and O–H groups in total. The predicted molar refractivity (Wildman–Crippen MR) is 155 cm³/mol. The molecule has 0 unspecified atom stereocenters. The van der Waals surface area contributed by atoms with Crippen LogP contribution < -0.4 is 0 Å². The number of hydrogen-bond acceptors (Lipinski definition) is 4. The molecular formula is C30H24S4. The van der Waals surface area contributed by atoms with Gasteiger partial charge >= 0.3 is 0 Å². The summed E-state index contributed by atoms with van der Waals surface area (Å²) in [7, 11) is 0. The maximum absolute atomic E-state index is 2.46. The largest absolute Gasteiger partial charge is 0.139 e. The molecule has 0 bridgehead atoms. The van der Waals surface area contributed by atoms with Crippen LogP contribution in [0.2, 0.25) is 0 Å². The molecule has 0 fully saturated rings. The first-order valence-electron chi connectivity index (χ1n) is 11.9. The Morgan fingerprint density at radius 1 is 0.559 bits per heavy atom. The van der Waals surface area contributed by atoms with E-state index >= 15 is 0 Å². The highest BCUT2D eigenvalue weighted by Gasteiger charge is 2.42. The Balaban J connectivity index is 1.56. The minimum absolute atomic E-state index is 0.00758. The van der Waals surface area contributed by atoms with Gasteiger partial charge in [0, 0.05) is 50.9 Å². The van der Waals surface area contributed by atoms with Crippen LogP contribution in [0, 0.1) is 13.8 Å². The summed E-state index contributed by atoms with van der Waals surface area (Å²) in [6, 6.07) is 14.6. The maximum atomic E-state index is 2.46. The first-order valence-corrected chi connectivity index (χ1v) is 15.1. The summed E-state index contributed by atoms with van der Waals surface area (Å²) in [6.07, 6.45) is 0. The molecule has 0 nitrogen and oxygen atoms in total. The summed E-state index contributed by atoms with van der Waals surface area (Å²) in [4.78, 5) is 5.82. The lowest BCUT2D eigenvalue weighted by molar-refractivity contribution is 0.647. The van der Waals surface area contributed by atoms with Crippen molar-refractivity contribution in [1.82, 2.24) is 0 Å². The average Bonchev–Trinajstić information content (AvgIpc) is 3.48. The topological polar surface area (TPSA) is 0 Å². The molecule has 0 aliphatic heterocycles. The maximum Gasteiger partial charge on any atom is 0.0500 e. The molecule has 168 valence electrons. The molecule has 4 aromatic heterocycles. The van der Waals surface area contributed by atoms with Crippen LogP contribution in [0.4, 0.5) is 0 Å². The lowest BCUT2D eigenvalue weighted by atomic mass is 9.65. The molecule has 2 aliphatic rings. The van der Waals surface area contributed by atoms with E-state index in [2.05, 4.69) is 77.9 Å². The summed E-state index contributed by atoms with van der Waals surface area (Å²) in [6.45, 7) is 14.3. The molecule has 0 radical (unpaired) electrons. The Morgan fingerprint density at radius 3 is 1.38 bits per heavy atom. The van der Waals surface area contributed by atoms with Gasteiger partial charge in [-0.1, -0.05) is 52.0 Å². The van der Waals surface area contributed by atoms with Gasteiger partial charge in [0.15, 0.2) is 0 Å². The van der Waals surface area contributed by atoms with Crippen LogP contribution in [0.25, 0.3) is 50.5 Å². The molecular weight excluding hydrogens is 489 g/mol. The summed E-state index contributed by atoms with van der Waals surface area (Å²) in [5.41, 5.74) is 8.96. The van der Waals surface area contributed by atoms with Crippen LogP contribution >= 0.6 is 45.3 Å². The van der Waals surface area contributed by atoms with Gasteiger partial charge in [-0.05, 0) is 59.0 Å². The Bertz CT molecular complexity index is 1740. The molecule has 4 heteroatoms. The van der Waals surface area contributed by atoms with E-state index in [1.165, 1.54) is 71.3 Å². The van der Waals surface area contributed by atoms with Crippen molar-refractivity contribution in [3.8, 4) is 20.9 Å². The van der Waals surface area contributed by atoms with Crippen molar-refractivity contribution in [2.24, 2.45) is 0 Å². The van der Waals surface area contributed by atoms with Gasteiger partial charge < -0.3 is 0 Å². The Morgan fingerprint density at radius 2 is 0.971 bits per heavy atom. The second-order valence-electron chi connectivity index (χ2n) is 11.0. The Kier molecular flexibility index (Phi) is 3.60. The van der Waals surface area contributed by atoms with Gasteiger partial charge in [-0.2, -0.15) is 0 Å². The molecule has 2 aromatic carbocycles. The molecule has 0 spiro atoms. The third-order valence-electron chi connectivity index (χ3n) is 8.22. The summed E-state index contributed by atoms with van der Waals surface area (Å²) >= 11 is 7.95. The van der Waals surface area contributed by atoms with Crippen molar-refractivity contribution >= 4 is 74.9 Å². The van der Waals surface area contributed by atoms with E-state index in [0.717, 1.165) is 0 Å². The molecule has 0 saturated carbocycles. The SMILES string of the molecule is Cc1cc2sc3c(c2s1)C(C)(C)c1ccc2c4c(ccc-3c14)C(C)(C)c1c-2sc2cc(C)sc12. The van der Waals surface area contributed by atoms with Gasteiger partial charge in [0.2, 0.25) is 0 Å². The van der Waals surface area contributed by atoms with Crippen LogP contribution in [-0.2, 0) is 10.8 Å². The Labute approximate surface area is 215 Å². The van der Waals surface area contributed by atoms with Crippen molar-refractivity contribution in [2.45, 2.75) is 52.4 Å². The smallest absolute Gasteiger partial charge is 0.0500 e. The summed E-state index contributed by atoms with van der Waals surface area (Å²) in [5.74, 6) is 0. The van der Waals surface area contributed by atoms with Gasteiger partial charge in [0.25, 0.3) is 0 Å². The van der Waals surface area contributed by atoms with Crippen LogP contribution in [0.1, 0.15) is 59.7 Å². The fourth-order valence-corrected chi connectivity index (χ4v) is 12.5. The van der Waals surface area contributed by atoms with E-state index in [0.29, 0.717) is 0 Å². The van der Waals surface area contributed by atoms with Crippen LogP contribution in [0.5, 0.6) is 0 Å². The van der Waals surface area contributed by atoms with E-state index in [4.69, 9.17) is 0 Å². The molecule has 0 saturated heterocycles. The third kappa shape index (κ3) is 2.17. The van der Waals surface area contributed by atoms with E-state index in [9.17, 15) is 0 Å². The highest BCUT2D eigenvalue weighted by molar-refractivity contribution is 7.30. The van der Waals surface area contributed by atoms with Gasteiger partial charge in [0.1, 0.15) is 0 Å². The van der Waals surface area contributed by atoms with Crippen LogP contribution in [-0.4, -0.2) is 0 Å². The van der Waals surface area contributed by atoms with Gasteiger partial charge in [-0.3, -0.25) is 0 Å². The average molecular weight is 513 g/mol. The van der Waals surface area contributed by atoms with Crippen molar-refractivity contribution < 1.29 is 0 Å². The van der Waals surface area contributed by atoms with Gasteiger partial charge in [0.05, 0.1) is 9.40 Å². The third-order valence-corrected chi connectivity index (χ3v) is 13.0. The zero-order chi connectivity index (χ0) is 23.3. The predicted octanol–water partition coefficient (Wildman–Crippen LogP) is 10.6. The fourth-order valence-electron chi connectivity index (χ4n) is 6.71. The minimum Gasteiger partial charge on any atom is -0.139 e. The molecule has 0 amide bonds. The monoisotopic (exact) mass is 512 g/mol. The summed E-state index contributed by atoms with van der Waals surface area (Å²) in [5, 5.41) is 3.01. The van der Waals surface area contributed by atoms with Crippen LogP contribution in [0.15, 0.2) is 36.4 Å². The van der Waals surface area contributed by atoms with Gasteiger partial charge in [-0.15, -0.1) is 45.3 Å². The van der Waals surface area contributed by atoms with E-state index in [1.807, 2.05) is 45.3 Å². The van der Waals surface area contributed by atoms with Crippen LogP contribution in [0.3, 0.4) is 0 Å². The van der Waals surface area contributed by atoms with Gasteiger partial charge in [-0.25, -0.2) is 0 Å². The number of fused-ring (bicyclic) bond motifs is 8. The first kappa shape index (κ1) is 20.2. The quantitative estimate of drug-likeness (QED) is 0.190. The number of aryl methyl sites for hydroxylation is 2. The normalized spacial score (nSPS) is 17.0. The molecule has 6 aromatic rings. The fraction of sp³-hybridized carbons (Fsp3) is 0.267. The standard InChI is InChI=1S/C30H24S4/c1-13-11-19-27(31-13)23-25(33-19)15-7-10-18-22-16(8-9-17(21(15)22)29(23,3)4)26-24(30(18,5)6)28-20(34-26)12-14(2)32-28/h7-12H,1-6H3. The minimum atomic E-state index is -0.00758. The van der Waals surface area contributed by atoms with Crippen molar-refractivity contribution in [1.29, 1.82) is 0 Å². The number of rotatable bonds is 0. The number of thiophene rings is 4. The number of hydrogen-bond donors (Lipinski definition) is 0.